The zero-order valence-corrected chi connectivity index (χ0v) is 20.2. The number of aromatic nitrogens is 4. The highest BCUT2D eigenvalue weighted by molar-refractivity contribution is 7.13. The zero-order chi connectivity index (χ0) is 23.1. The minimum atomic E-state index is -0.0649. The molecular weight excluding hydrogens is 432 g/mol. The van der Waals surface area contributed by atoms with Crippen molar-refractivity contribution in [3.8, 4) is 5.75 Å². The summed E-state index contributed by atoms with van der Waals surface area (Å²) in [7, 11) is 4.19. The second kappa shape index (κ2) is 8.61. The van der Waals surface area contributed by atoms with E-state index in [0.717, 1.165) is 41.0 Å². The molecule has 3 aromatic heterocycles. The number of benzene rings is 1. The molecule has 1 aromatic carbocycles. The zero-order valence-electron chi connectivity index (χ0n) is 19.4. The molecule has 1 unspecified atom stereocenters. The maximum Gasteiger partial charge on any atom is 0.164 e. The number of rotatable bonds is 6. The van der Waals surface area contributed by atoms with Crippen molar-refractivity contribution < 1.29 is 4.74 Å². The van der Waals surface area contributed by atoms with Gasteiger partial charge in [-0.3, -0.25) is 0 Å². The second-order valence-electron chi connectivity index (χ2n) is 8.57. The summed E-state index contributed by atoms with van der Waals surface area (Å²) in [5.41, 5.74) is 11.4. The van der Waals surface area contributed by atoms with E-state index in [0.29, 0.717) is 12.4 Å². The average Bonchev–Trinajstić information content (AvgIpc) is 3.42. The molecule has 0 aliphatic carbocycles. The number of nitrogens with two attached hydrogens (primary N) is 1. The summed E-state index contributed by atoms with van der Waals surface area (Å²) in [5.74, 6) is 1.39. The van der Waals surface area contributed by atoms with Crippen LogP contribution in [0, 0.1) is 0 Å². The second-order valence-corrected chi connectivity index (χ2v) is 9.74. The molecule has 4 aromatic rings. The number of hydrogen-bond acceptors (Lipinski definition) is 7. The average molecular weight is 461 g/mol. The Morgan fingerprint density at radius 2 is 2.00 bits per heavy atom. The van der Waals surface area contributed by atoms with Gasteiger partial charge >= 0.3 is 0 Å². The van der Waals surface area contributed by atoms with Crippen molar-refractivity contribution in [1.29, 1.82) is 0 Å². The third-order valence-electron chi connectivity index (χ3n) is 6.04. The molecule has 0 amide bonds. The van der Waals surface area contributed by atoms with E-state index < -0.39 is 0 Å². The van der Waals surface area contributed by atoms with Gasteiger partial charge in [-0.25, -0.2) is 14.6 Å². The minimum Gasteiger partial charge on any atom is -0.488 e. The molecule has 33 heavy (non-hydrogen) atoms. The maximum atomic E-state index is 6.21. The molecule has 170 valence electrons. The van der Waals surface area contributed by atoms with Crippen molar-refractivity contribution in [2.24, 2.45) is 0 Å². The Morgan fingerprint density at radius 1 is 1.18 bits per heavy atom. The van der Waals surface area contributed by atoms with E-state index in [-0.39, 0.29) is 6.04 Å². The predicted octanol–water partition coefficient (Wildman–Crippen LogP) is 4.55. The fourth-order valence-corrected chi connectivity index (χ4v) is 5.68. The summed E-state index contributed by atoms with van der Waals surface area (Å²) in [6, 6.07) is 12.6. The molecule has 1 aliphatic heterocycles. The molecule has 7 nitrogen and oxygen atoms in total. The van der Waals surface area contributed by atoms with Gasteiger partial charge in [-0.1, -0.05) is 25.1 Å². The third-order valence-corrected chi connectivity index (χ3v) is 7.12. The van der Waals surface area contributed by atoms with Crippen LogP contribution in [-0.4, -0.2) is 45.4 Å². The summed E-state index contributed by atoms with van der Waals surface area (Å²) < 4.78 is 8.19. The largest absolute Gasteiger partial charge is 0.488 e. The smallest absolute Gasteiger partial charge is 0.164 e. The first kappa shape index (κ1) is 21.6. The van der Waals surface area contributed by atoms with Gasteiger partial charge in [0.1, 0.15) is 24.5 Å². The van der Waals surface area contributed by atoms with Crippen molar-refractivity contribution in [2.75, 3.05) is 26.4 Å². The van der Waals surface area contributed by atoms with Crippen molar-refractivity contribution in [3.63, 3.8) is 0 Å². The van der Waals surface area contributed by atoms with Crippen LogP contribution in [0.2, 0.25) is 0 Å². The molecule has 1 aliphatic rings. The predicted molar refractivity (Wildman–Crippen MR) is 133 cm³/mol. The fourth-order valence-electron chi connectivity index (χ4n) is 4.46. The molecule has 0 bridgehead atoms. The number of hydrogen-bond donors (Lipinski definition) is 1. The number of thiophene rings is 1. The Balaban J connectivity index is 1.70. The summed E-state index contributed by atoms with van der Waals surface area (Å²) >= 11 is 1.83. The SMILES string of the molecule is CCc1nn(C(C)C2=C(c3ccc(CN(C)C)s3)c3ccccc3OC2)c2ncnc(N)c12. The van der Waals surface area contributed by atoms with Crippen molar-refractivity contribution in [3.05, 3.63) is 69.3 Å². The number of para-hydroxylation sites is 1. The van der Waals surface area contributed by atoms with E-state index in [1.165, 1.54) is 27.2 Å². The van der Waals surface area contributed by atoms with E-state index in [1.54, 1.807) is 0 Å². The molecule has 8 heteroatoms. The Morgan fingerprint density at radius 3 is 2.79 bits per heavy atom. The van der Waals surface area contributed by atoms with Gasteiger partial charge < -0.3 is 15.4 Å². The maximum absolute atomic E-state index is 6.21. The molecule has 5 rings (SSSR count). The number of fused-ring (bicyclic) bond motifs is 2. The highest BCUT2D eigenvalue weighted by Crippen LogP contribution is 2.43. The normalized spacial score (nSPS) is 14.6. The lowest BCUT2D eigenvalue weighted by Crippen LogP contribution is -2.20. The lowest BCUT2D eigenvalue weighted by atomic mass is 9.92. The van der Waals surface area contributed by atoms with E-state index in [4.69, 9.17) is 15.6 Å². The van der Waals surface area contributed by atoms with Crippen LogP contribution in [0.25, 0.3) is 16.6 Å². The lowest BCUT2D eigenvalue weighted by molar-refractivity contribution is 0.327. The summed E-state index contributed by atoms with van der Waals surface area (Å²) in [5, 5.41) is 5.76. The monoisotopic (exact) mass is 460 g/mol. The van der Waals surface area contributed by atoms with Crippen LogP contribution in [0.3, 0.4) is 0 Å². The van der Waals surface area contributed by atoms with Crippen LogP contribution < -0.4 is 10.5 Å². The third kappa shape index (κ3) is 3.79. The number of anilines is 1. The standard InChI is InChI=1S/C25H28N6OS/c1-5-19-23-24(26)27-14-28-25(23)31(29-19)15(2)18-13-32-20-9-7-6-8-17(20)22(18)21-11-10-16(33-21)12-30(3)4/h6-11,14-15H,5,12-13H2,1-4H3,(H2,26,27,28). The molecule has 2 N–H and O–H groups in total. The Bertz CT molecular complexity index is 1350. The first-order valence-corrected chi connectivity index (χ1v) is 12.0. The molecule has 1 atom stereocenters. The number of aryl methyl sites for hydroxylation is 1. The lowest BCUT2D eigenvalue weighted by Gasteiger charge is -2.27. The van der Waals surface area contributed by atoms with Crippen LogP contribution in [0.15, 0.2) is 48.3 Å². The molecular formula is C25H28N6OS. The van der Waals surface area contributed by atoms with Gasteiger partial charge in [-0.05, 0) is 45.6 Å². The summed E-state index contributed by atoms with van der Waals surface area (Å²) in [4.78, 5) is 13.5. The summed E-state index contributed by atoms with van der Waals surface area (Å²) in [6.45, 7) is 5.65. The van der Waals surface area contributed by atoms with Gasteiger partial charge in [-0.2, -0.15) is 5.10 Å². The van der Waals surface area contributed by atoms with Gasteiger partial charge in [0, 0.05) is 33.0 Å². The Kier molecular flexibility index (Phi) is 5.64. The number of ether oxygens (including phenoxy) is 1. The van der Waals surface area contributed by atoms with Crippen LogP contribution >= 0.6 is 11.3 Å². The highest BCUT2D eigenvalue weighted by Gasteiger charge is 2.29. The molecule has 4 heterocycles. The van der Waals surface area contributed by atoms with Gasteiger partial charge in [0.05, 0.1) is 17.1 Å². The van der Waals surface area contributed by atoms with E-state index in [2.05, 4.69) is 67.1 Å². The van der Waals surface area contributed by atoms with E-state index >= 15 is 0 Å². The first-order chi connectivity index (χ1) is 16.0. The fraction of sp³-hybridized carbons (Fsp3) is 0.320. The molecule has 0 radical (unpaired) electrons. The van der Waals surface area contributed by atoms with E-state index in [1.807, 2.05) is 28.2 Å². The van der Waals surface area contributed by atoms with E-state index in [9.17, 15) is 0 Å². The van der Waals surface area contributed by atoms with Crippen LogP contribution in [0.4, 0.5) is 5.82 Å². The topological polar surface area (TPSA) is 82.1 Å². The number of nitrogens with zero attached hydrogens (tertiary/aromatic N) is 5. The Labute approximate surface area is 197 Å². The minimum absolute atomic E-state index is 0.0649. The highest BCUT2D eigenvalue weighted by atomic mass is 32.1. The molecule has 0 saturated heterocycles. The quantitative estimate of drug-likeness (QED) is 0.455. The van der Waals surface area contributed by atoms with Crippen molar-refractivity contribution >= 4 is 33.8 Å². The first-order valence-electron chi connectivity index (χ1n) is 11.1. The summed E-state index contributed by atoms with van der Waals surface area (Å²) in [6.07, 6.45) is 2.27. The van der Waals surface area contributed by atoms with Crippen LogP contribution in [-0.2, 0) is 13.0 Å². The van der Waals surface area contributed by atoms with Crippen molar-refractivity contribution in [2.45, 2.75) is 32.9 Å². The molecule has 0 fully saturated rings. The van der Waals surface area contributed by atoms with Crippen LogP contribution in [0.5, 0.6) is 5.75 Å². The van der Waals surface area contributed by atoms with Gasteiger partial charge in [-0.15, -0.1) is 11.3 Å². The Hall–Kier alpha value is -3.23. The van der Waals surface area contributed by atoms with Gasteiger partial charge in [0.25, 0.3) is 0 Å². The van der Waals surface area contributed by atoms with Gasteiger partial charge in [0.2, 0.25) is 0 Å². The van der Waals surface area contributed by atoms with Crippen LogP contribution in [0.1, 0.15) is 40.9 Å². The molecule has 0 spiro atoms. The van der Waals surface area contributed by atoms with Crippen molar-refractivity contribution in [1.82, 2.24) is 24.6 Å². The van der Waals surface area contributed by atoms with Gasteiger partial charge in [0.15, 0.2) is 5.65 Å². The molecule has 0 saturated carbocycles. The number of nitrogen functional groups attached to an aromatic ring is 1.